The number of rotatable bonds is 4. The highest BCUT2D eigenvalue weighted by Crippen LogP contribution is 2.20. The van der Waals surface area contributed by atoms with Gasteiger partial charge in [-0.15, -0.1) is 0 Å². The zero-order valence-electron chi connectivity index (χ0n) is 13.9. The first-order chi connectivity index (χ1) is 11.6. The van der Waals surface area contributed by atoms with E-state index >= 15 is 0 Å². The second-order valence-corrected chi connectivity index (χ2v) is 5.69. The molecular weight excluding hydrogens is 302 g/mol. The Balaban J connectivity index is 1.91. The molecule has 0 N–H and O–H groups in total. The molecule has 4 nitrogen and oxygen atoms in total. The van der Waals surface area contributed by atoms with E-state index in [9.17, 15) is 4.79 Å². The molecule has 0 atom stereocenters. The van der Waals surface area contributed by atoms with Gasteiger partial charge in [0.15, 0.2) is 5.43 Å². The molecule has 1 aromatic heterocycles. The molecule has 3 aromatic rings. The smallest absolute Gasteiger partial charge is 0.193 e. The van der Waals surface area contributed by atoms with Gasteiger partial charge in [0.2, 0.25) is 0 Å². The van der Waals surface area contributed by atoms with Crippen LogP contribution in [-0.2, 0) is 0 Å². The average molecular weight is 321 g/mol. The van der Waals surface area contributed by atoms with Crippen molar-refractivity contribution in [1.82, 2.24) is 0 Å². The molecule has 0 saturated carbocycles. The van der Waals surface area contributed by atoms with E-state index in [2.05, 4.69) is 0 Å². The summed E-state index contributed by atoms with van der Waals surface area (Å²) in [5, 5.41) is 0.516. The molecule has 0 bridgehead atoms. The molecule has 0 radical (unpaired) electrons. The van der Waals surface area contributed by atoms with E-state index in [1.54, 1.807) is 31.4 Å². The van der Waals surface area contributed by atoms with Crippen LogP contribution >= 0.6 is 0 Å². The lowest BCUT2D eigenvalue weighted by Crippen LogP contribution is -2.07. The van der Waals surface area contributed by atoms with Gasteiger partial charge in [-0.1, -0.05) is 18.2 Å². The average Bonchev–Trinajstić information content (AvgIpc) is 2.60. The van der Waals surface area contributed by atoms with Crippen LogP contribution in [0, 0.1) is 0 Å². The Bertz CT molecular complexity index is 937. The van der Waals surface area contributed by atoms with Gasteiger partial charge in [0.05, 0.1) is 12.5 Å². The molecule has 0 aliphatic carbocycles. The van der Waals surface area contributed by atoms with Crippen molar-refractivity contribution in [2.75, 3.05) is 26.1 Å². The third-order valence-corrected chi connectivity index (χ3v) is 3.80. The molecule has 3 rings (SSSR count). The minimum absolute atomic E-state index is 0.0854. The van der Waals surface area contributed by atoms with E-state index in [1.165, 1.54) is 6.07 Å². The first-order valence-corrected chi connectivity index (χ1v) is 7.64. The van der Waals surface area contributed by atoms with Crippen LogP contribution in [-0.4, -0.2) is 21.2 Å². The molecule has 0 aliphatic heterocycles. The Morgan fingerprint density at radius 3 is 2.42 bits per heavy atom. The van der Waals surface area contributed by atoms with Crippen LogP contribution in [0.3, 0.4) is 0 Å². The largest absolute Gasteiger partial charge is 0.497 e. The van der Waals surface area contributed by atoms with Gasteiger partial charge in [-0.25, -0.2) is 0 Å². The van der Waals surface area contributed by atoms with Crippen molar-refractivity contribution in [3.63, 3.8) is 0 Å². The number of hydrogen-bond acceptors (Lipinski definition) is 4. The second-order valence-electron chi connectivity index (χ2n) is 5.69. The molecule has 0 amide bonds. The highest BCUT2D eigenvalue weighted by Gasteiger charge is 2.04. The van der Waals surface area contributed by atoms with E-state index in [-0.39, 0.29) is 5.43 Å². The Morgan fingerprint density at radius 2 is 1.75 bits per heavy atom. The number of nitrogens with zero attached hydrogens (tertiary/aromatic N) is 1. The Labute approximate surface area is 140 Å². The third-order valence-electron chi connectivity index (χ3n) is 3.80. The van der Waals surface area contributed by atoms with Gasteiger partial charge < -0.3 is 14.1 Å². The summed E-state index contributed by atoms with van der Waals surface area (Å²) in [5.41, 5.74) is 2.64. The molecule has 0 aliphatic rings. The third kappa shape index (κ3) is 3.33. The predicted molar refractivity (Wildman–Crippen MR) is 98.7 cm³/mol. The van der Waals surface area contributed by atoms with E-state index in [1.807, 2.05) is 49.3 Å². The maximum absolute atomic E-state index is 12.2. The molecule has 24 heavy (non-hydrogen) atoms. The number of fused-ring (bicyclic) bond motifs is 1. The Kier molecular flexibility index (Phi) is 4.38. The first kappa shape index (κ1) is 15.9. The molecule has 0 fully saturated rings. The molecule has 0 unspecified atom stereocenters. The zero-order chi connectivity index (χ0) is 17.1. The summed E-state index contributed by atoms with van der Waals surface area (Å²) in [6, 6.07) is 14.8. The number of anilines is 1. The fourth-order valence-corrected chi connectivity index (χ4v) is 2.43. The fraction of sp³-hybridized carbons (Fsp3) is 0.150. The van der Waals surface area contributed by atoms with Gasteiger partial charge >= 0.3 is 0 Å². The maximum atomic E-state index is 12.2. The zero-order valence-corrected chi connectivity index (χ0v) is 13.9. The topological polar surface area (TPSA) is 42.7 Å². The Morgan fingerprint density at radius 1 is 1.00 bits per heavy atom. The van der Waals surface area contributed by atoms with Gasteiger partial charge in [0.25, 0.3) is 0 Å². The lowest BCUT2D eigenvalue weighted by atomic mass is 10.1. The van der Waals surface area contributed by atoms with E-state index in [4.69, 9.17) is 9.15 Å². The van der Waals surface area contributed by atoms with Gasteiger partial charge in [-0.05, 0) is 42.0 Å². The van der Waals surface area contributed by atoms with Crippen molar-refractivity contribution in [3.8, 4) is 5.75 Å². The van der Waals surface area contributed by atoms with E-state index in [0.717, 1.165) is 11.3 Å². The van der Waals surface area contributed by atoms with Gasteiger partial charge in [-0.3, -0.25) is 4.79 Å². The lowest BCUT2D eigenvalue weighted by molar-refractivity contribution is 0.415. The van der Waals surface area contributed by atoms with Crippen LogP contribution in [0.5, 0.6) is 5.75 Å². The van der Waals surface area contributed by atoms with Crippen molar-refractivity contribution in [1.29, 1.82) is 0 Å². The fourth-order valence-electron chi connectivity index (χ4n) is 2.43. The monoisotopic (exact) mass is 321 g/mol. The number of methoxy groups -OCH3 is 1. The number of ether oxygens (including phenoxy) is 1. The standard InChI is InChI=1S/C20H19NO3/c1-21(2)15-7-4-14(5-8-15)6-9-17-13-19(22)18-12-16(23-3)10-11-20(18)24-17/h4-13H,1-3H3. The summed E-state index contributed by atoms with van der Waals surface area (Å²) in [6.45, 7) is 0. The van der Waals surface area contributed by atoms with Gasteiger partial charge in [0, 0.05) is 25.8 Å². The summed E-state index contributed by atoms with van der Waals surface area (Å²) in [6.07, 6.45) is 3.73. The molecular formula is C20H19NO3. The molecule has 0 spiro atoms. The van der Waals surface area contributed by atoms with Crippen LogP contribution in [0.2, 0.25) is 0 Å². The van der Waals surface area contributed by atoms with Crippen molar-refractivity contribution < 1.29 is 9.15 Å². The van der Waals surface area contributed by atoms with E-state index < -0.39 is 0 Å². The second kappa shape index (κ2) is 6.62. The summed E-state index contributed by atoms with van der Waals surface area (Å²) < 4.78 is 10.9. The van der Waals surface area contributed by atoms with Crippen LogP contribution < -0.4 is 15.1 Å². The van der Waals surface area contributed by atoms with Crippen LogP contribution in [0.25, 0.3) is 23.1 Å². The van der Waals surface area contributed by atoms with Crippen LogP contribution in [0.4, 0.5) is 5.69 Å². The van der Waals surface area contributed by atoms with E-state index in [0.29, 0.717) is 22.5 Å². The van der Waals surface area contributed by atoms with Crippen LogP contribution in [0.1, 0.15) is 11.3 Å². The van der Waals surface area contributed by atoms with Crippen molar-refractivity contribution >= 4 is 28.8 Å². The molecule has 1 heterocycles. The highest BCUT2D eigenvalue weighted by molar-refractivity contribution is 5.79. The number of hydrogen-bond donors (Lipinski definition) is 0. The summed E-state index contributed by atoms with van der Waals surface area (Å²) in [5.74, 6) is 1.16. The summed E-state index contributed by atoms with van der Waals surface area (Å²) in [4.78, 5) is 14.3. The summed E-state index contributed by atoms with van der Waals surface area (Å²) >= 11 is 0. The minimum Gasteiger partial charge on any atom is -0.497 e. The van der Waals surface area contributed by atoms with Gasteiger partial charge in [0.1, 0.15) is 17.1 Å². The molecule has 0 saturated heterocycles. The summed E-state index contributed by atoms with van der Waals surface area (Å²) in [7, 11) is 5.58. The SMILES string of the molecule is COc1ccc2oc(C=Cc3ccc(N(C)C)cc3)cc(=O)c2c1. The Hall–Kier alpha value is -3.01. The van der Waals surface area contributed by atoms with Crippen LogP contribution in [0.15, 0.2) is 57.7 Å². The normalized spacial score (nSPS) is 11.1. The highest BCUT2D eigenvalue weighted by atomic mass is 16.5. The van der Waals surface area contributed by atoms with Crippen molar-refractivity contribution in [2.24, 2.45) is 0 Å². The first-order valence-electron chi connectivity index (χ1n) is 7.64. The lowest BCUT2D eigenvalue weighted by Gasteiger charge is -2.11. The molecule has 122 valence electrons. The van der Waals surface area contributed by atoms with Crippen molar-refractivity contribution in [2.45, 2.75) is 0 Å². The number of benzene rings is 2. The van der Waals surface area contributed by atoms with Gasteiger partial charge in [-0.2, -0.15) is 0 Å². The molecule has 4 heteroatoms. The quantitative estimate of drug-likeness (QED) is 0.727. The van der Waals surface area contributed by atoms with Crippen molar-refractivity contribution in [3.05, 3.63) is 70.1 Å². The molecule has 2 aromatic carbocycles. The predicted octanol–water partition coefficient (Wildman–Crippen LogP) is 4.04. The maximum Gasteiger partial charge on any atom is 0.193 e. The minimum atomic E-state index is -0.0854.